The van der Waals surface area contributed by atoms with Crippen molar-refractivity contribution in [1.29, 1.82) is 0 Å². The highest BCUT2D eigenvalue weighted by Crippen LogP contribution is 2.25. The van der Waals surface area contributed by atoms with Gasteiger partial charge in [-0.05, 0) is 44.0 Å². The Kier molecular flexibility index (Phi) is 4.99. The predicted molar refractivity (Wildman–Crippen MR) is 86.1 cm³/mol. The molecule has 1 N–H and O–H groups in total. The quantitative estimate of drug-likeness (QED) is 0.886. The summed E-state index contributed by atoms with van der Waals surface area (Å²) in [5.41, 5.74) is 3.43. The zero-order chi connectivity index (χ0) is 15.2. The molecular formula is C18H21NO2. The van der Waals surface area contributed by atoms with Crippen LogP contribution in [0.5, 0.6) is 5.75 Å². The van der Waals surface area contributed by atoms with E-state index < -0.39 is 0 Å². The maximum atomic E-state index is 12.4. The van der Waals surface area contributed by atoms with Crippen molar-refractivity contribution >= 4 is 11.6 Å². The van der Waals surface area contributed by atoms with Crippen LogP contribution in [0.4, 0.5) is 5.69 Å². The highest BCUT2D eigenvalue weighted by atomic mass is 16.5. The molecule has 0 aromatic heterocycles. The van der Waals surface area contributed by atoms with Crippen LogP contribution in [-0.4, -0.2) is 12.5 Å². The molecule has 0 spiro atoms. The molecule has 0 unspecified atom stereocenters. The molecule has 0 saturated heterocycles. The average molecular weight is 283 g/mol. The topological polar surface area (TPSA) is 38.3 Å². The highest BCUT2D eigenvalue weighted by molar-refractivity contribution is 6.06. The van der Waals surface area contributed by atoms with Crippen LogP contribution in [0, 0.1) is 13.8 Å². The van der Waals surface area contributed by atoms with Gasteiger partial charge in [0, 0.05) is 5.56 Å². The number of benzene rings is 2. The van der Waals surface area contributed by atoms with Gasteiger partial charge < -0.3 is 10.1 Å². The number of amides is 1. The van der Waals surface area contributed by atoms with Crippen molar-refractivity contribution in [2.75, 3.05) is 11.9 Å². The number of para-hydroxylation sites is 2. The molecule has 0 aliphatic carbocycles. The number of hydrogen-bond acceptors (Lipinski definition) is 2. The van der Waals surface area contributed by atoms with E-state index in [0.717, 1.165) is 17.5 Å². The van der Waals surface area contributed by atoms with Gasteiger partial charge in [0.15, 0.2) is 0 Å². The Balaban J connectivity index is 2.21. The third-order valence-electron chi connectivity index (χ3n) is 3.23. The van der Waals surface area contributed by atoms with E-state index in [2.05, 4.69) is 12.2 Å². The molecule has 0 bridgehead atoms. The summed E-state index contributed by atoms with van der Waals surface area (Å²) in [5.74, 6) is 0.599. The summed E-state index contributed by atoms with van der Waals surface area (Å²) in [7, 11) is 0. The van der Waals surface area contributed by atoms with Gasteiger partial charge in [-0.1, -0.05) is 36.8 Å². The normalized spacial score (nSPS) is 10.2. The van der Waals surface area contributed by atoms with E-state index in [4.69, 9.17) is 4.74 Å². The Morgan fingerprint density at radius 2 is 1.90 bits per heavy atom. The number of nitrogens with one attached hydrogen (secondary N) is 1. The van der Waals surface area contributed by atoms with Gasteiger partial charge >= 0.3 is 0 Å². The Hall–Kier alpha value is -2.29. The standard InChI is InChI=1S/C18H21NO2/c1-4-11-21-17-8-6-5-7-16(17)19-18(20)15-12-13(2)9-10-14(15)3/h5-10,12H,4,11H2,1-3H3,(H,19,20). The van der Waals surface area contributed by atoms with E-state index in [1.165, 1.54) is 0 Å². The molecule has 0 atom stereocenters. The van der Waals surface area contributed by atoms with Crippen LogP contribution in [0.1, 0.15) is 34.8 Å². The Labute approximate surface area is 126 Å². The molecule has 3 nitrogen and oxygen atoms in total. The lowest BCUT2D eigenvalue weighted by Gasteiger charge is -2.13. The molecule has 0 heterocycles. The zero-order valence-electron chi connectivity index (χ0n) is 12.8. The zero-order valence-corrected chi connectivity index (χ0v) is 12.8. The minimum absolute atomic E-state index is 0.108. The summed E-state index contributed by atoms with van der Waals surface area (Å²) < 4.78 is 5.66. The third-order valence-corrected chi connectivity index (χ3v) is 3.23. The van der Waals surface area contributed by atoms with E-state index in [-0.39, 0.29) is 5.91 Å². The van der Waals surface area contributed by atoms with E-state index in [1.54, 1.807) is 0 Å². The smallest absolute Gasteiger partial charge is 0.256 e. The first-order valence-corrected chi connectivity index (χ1v) is 7.22. The molecule has 1 amide bonds. The molecule has 110 valence electrons. The van der Waals surface area contributed by atoms with Gasteiger partial charge in [0.05, 0.1) is 12.3 Å². The van der Waals surface area contributed by atoms with Crippen LogP contribution in [0.3, 0.4) is 0 Å². The second-order valence-electron chi connectivity index (χ2n) is 5.12. The Bertz CT molecular complexity index is 635. The first-order chi connectivity index (χ1) is 10.1. The number of aryl methyl sites for hydroxylation is 2. The molecule has 2 rings (SSSR count). The van der Waals surface area contributed by atoms with E-state index in [0.29, 0.717) is 23.6 Å². The number of ether oxygens (including phenoxy) is 1. The van der Waals surface area contributed by atoms with E-state index in [1.807, 2.05) is 56.3 Å². The maximum Gasteiger partial charge on any atom is 0.256 e. The fraction of sp³-hybridized carbons (Fsp3) is 0.278. The first-order valence-electron chi connectivity index (χ1n) is 7.22. The van der Waals surface area contributed by atoms with Crippen LogP contribution in [0.15, 0.2) is 42.5 Å². The SMILES string of the molecule is CCCOc1ccccc1NC(=O)c1cc(C)ccc1C. The summed E-state index contributed by atoms with van der Waals surface area (Å²) in [5, 5.41) is 2.94. The monoisotopic (exact) mass is 283 g/mol. The lowest BCUT2D eigenvalue weighted by Crippen LogP contribution is -2.14. The van der Waals surface area contributed by atoms with Crippen molar-refractivity contribution < 1.29 is 9.53 Å². The Morgan fingerprint density at radius 1 is 1.14 bits per heavy atom. The van der Waals surface area contributed by atoms with Gasteiger partial charge in [0.2, 0.25) is 0 Å². The van der Waals surface area contributed by atoms with Crippen molar-refractivity contribution in [3.63, 3.8) is 0 Å². The highest BCUT2D eigenvalue weighted by Gasteiger charge is 2.12. The van der Waals surface area contributed by atoms with E-state index in [9.17, 15) is 4.79 Å². The summed E-state index contributed by atoms with van der Waals surface area (Å²) in [4.78, 5) is 12.4. The number of carbonyl (C=O) groups is 1. The number of rotatable bonds is 5. The van der Waals surface area contributed by atoms with Crippen LogP contribution in [0.2, 0.25) is 0 Å². The second-order valence-corrected chi connectivity index (χ2v) is 5.12. The molecule has 0 aliphatic rings. The molecule has 3 heteroatoms. The van der Waals surface area contributed by atoms with Gasteiger partial charge in [-0.3, -0.25) is 4.79 Å². The molecular weight excluding hydrogens is 262 g/mol. The molecule has 0 aliphatic heterocycles. The first kappa shape index (κ1) is 15.1. The van der Waals surface area contributed by atoms with Gasteiger partial charge in [0.25, 0.3) is 5.91 Å². The molecule has 0 saturated carbocycles. The van der Waals surface area contributed by atoms with Crippen LogP contribution in [0.25, 0.3) is 0 Å². The number of anilines is 1. The summed E-state index contributed by atoms with van der Waals surface area (Å²) >= 11 is 0. The predicted octanol–water partition coefficient (Wildman–Crippen LogP) is 4.34. The summed E-state index contributed by atoms with van der Waals surface area (Å²) in [6, 6.07) is 13.4. The lowest BCUT2D eigenvalue weighted by atomic mass is 10.0. The van der Waals surface area contributed by atoms with Crippen molar-refractivity contribution in [1.82, 2.24) is 0 Å². The van der Waals surface area contributed by atoms with Crippen molar-refractivity contribution in [3.05, 3.63) is 59.2 Å². The maximum absolute atomic E-state index is 12.4. The Morgan fingerprint density at radius 3 is 2.67 bits per heavy atom. The largest absolute Gasteiger partial charge is 0.491 e. The van der Waals surface area contributed by atoms with Gasteiger partial charge in [0.1, 0.15) is 5.75 Å². The fourth-order valence-corrected chi connectivity index (χ4v) is 2.08. The molecule has 2 aromatic carbocycles. The van der Waals surface area contributed by atoms with Crippen molar-refractivity contribution in [2.45, 2.75) is 27.2 Å². The van der Waals surface area contributed by atoms with Crippen LogP contribution < -0.4 is 10.1 Å². The number of carbonyl (C=O) groups excluding carboxylic acids is 1. The summed E-state index contributed by atoms with van der Waals surface area (Å²) in [6.07, 6.45) is 0.930. The minimum atomic E-state index is -0.108. The average Bonchev–Trinajstić information content (AvgIpc) is 2.48. The third kappa shape index (κ3) is 3.85. The summed E-state index contributed by atoms with van der Waals surface area (Å²) in [6.45, 7) is 6.61. The lowest BCUT2D eigenvalue weighted by molar-refractivity contribution is 0.102. The van der Waals surface area contributed by atoms with Gasteiger partial charge in [-0.2, -0.15) is 0 Å². The minimum Gasteiger partial charge on any atom is -0.491 e. The van der Waals surface area contributed by atoms with Gasteiger partial charge in [-0.25, -0.2) is 0 Å². The van der Waals surface area contributed by atoms with E-state index >= 15 is 0 Å². The van der Waals surface area contributed by atoms with Crippen molar-refractivity contribution in [3.8, 4) is 5.75 Å². The molecule has 2 aromatic rings. The molecule has 0 fully saturated rings. The van der Waals surface area contributed by atoms with Crippen LogP contribution >= 0.6 is 0 Å². The molecule has 0 radical (unpaired) electrons. The fourth-order valence-electron chi connectivity index (χ4n) is 2.08. The number of hydrogen-bond donors (Lipinski definition) is 1. The second kappa shape index (κ2) is 6.93. The van der Waals surface area contributed by atoms with Crippen LogP contribution in [-0.2, 0) is 0 Å². The van der Waals surface area contributed by atoms with Gasteiger partial charge in [-0.15, -0.1) is 0 Å². The molecule has 21 heavy (non-hydrogen) atoms. The van der Waals surface area contributed by atoms with Crippen molar-refractivity contribution in [2.24, 2.45) is 0 Å².